The third-order valence-electron chi connectivity index (χ3n) is 5.18. The van der Waals surface area contributed by atoms with Gasteiger partial charge in [-0.3, -0.25) is 0 Å². The van der Waals surface area contributed by atoms with Crippen molar-refractivity contribution in [1.29, 1.82) is 0 Å². The molecule has 1 atom stereocenters. The van der Waals surface area contributed by atoms with Crippen LogP contribution >= 0.6 is 50.7 Å². The molecule has 1 heterocycles. The number of aromatic nitrogens is 1. The van der Waals surface area contributed by atoms with Crippen molar-refractivity contribution in [2.45, 2.75) is 32.5 Å². The van der Waals surface area contributed by atoms with E-state index in [1.807, 2.05) is 41.0 Å². The number of ether oxygens (including phenoxy) is 1. The molecule has 194 valence electrons. The maximum Gasteiger partial charge on any atom is 0.340 e. The van der Waals surface area contributed by atoms with Crippen molar-refractivity contribution in [3.05, 3.63) is 97.0 Å². The van der Waals surface area contributed by atoms with Crippen LogP contribution < -0.4 is 0 Å². The fourth-order valence-electron chi connectivity index (χ4n) is 3.78. The number of aliphatic hydroxyl groups is 1. The monoisotopic (exact) mass is 643 g/mol. The molecule has 3 aromatic carbocycles. The summed E-state index contributed by atoms with van der Waals surface area (Å²) in [7, 11) is 0. The molecule has 1 aromatic heterocycles. The summed E-state index contributed by atoms with van der Waals surface area (Å²) in [6.07, 6.45) is -1.26. The highest BCUT2D eigenvalue weighted by molar-refractivity contribution is 9.10. The van der Waals surface area contributed by atoms with Crippen molar-refractivity contribution in [2.75, 3.05) is 0 Å². The number of halogens is 4. The minimum atomic E-state index is -1.26. The number of benzene rings is 3. The lowest BCUT2D eigenvalue weighted by Gasteiger charge is -2.22. The highest BCUT2D eigenvalue weighted by Gasteiger charge is 2.28. The third-order valence-corrected chi connectivity index (χ3v) is 6.68. The van der Waals surface area contributed by atoms with Crippen molar-refractivity contribution < 1.29 is 23.1 Å². The number of hydrogen-bond donors (Lipinski definition) is 1. The zero-order valence-corrected chi connectivity index (χ0v) is 24.5. The number of carbonyl (C=O) groups excluding carboxylic acids is 1. The Labute approximate surface area is 240 Å². The standard InChI is InChI=1S/C26H21BrCl3NO3.O2S/c1-26(2,3)34-25(33)16-9-10-18(28)22(23(16)30)24(32)21-13-17-19(29)11-14(27)12-20(17)31(21)15-7-5-4-6-8-15;1-3-2/h4-13,24,32H,1-3H3;. The summed E-state index contributed by atoms with van der Waals surface area (Å²) < 4.78 is 24.8. The first-order valence-corrected chi connectivity index (χ1v) is 13.4. The Morgan fingerprint density at radius 2 is 1.62 bits per heavy atom. The predicted octanol–water partition coefficient (Wildman–Crippen LogP) is 7.72. The quantitative estimate of drug-likeness (QED) is 0.230. The fourth-order valence-corrected chi connectivity index (χ4v) is 5.28. The van der Waals surface area contributed by atoms with Gasteiger partial charge in [0, 0.05) is 26.1 Å². The van der Waals surface area contributed by atoms with E-state index in [2.05, 4.69) is 15.9 Å². The number of nitrogens with zero attached hydrogens (tertiary/aromatic N) is 1. The van der Waals surface area contributed by atoms with Crippen molar-refractivity contribution >= 4 is 79.2 Å². The average Bonchev–Trinajstić information content (AvgIpc) is 3.18. The van der Waals surface area contributed by atoms with Gasteiger partial charge in [0.2, 0.25) is 0 Å². The maximum atomic E-state index is 12.8. The van der Waals surface area contributed by atoms with Crippen LogP contribution in [0.1, 0.15) is 48.5 Å². The first-order valence-electron chi connectivity index (χ1n) is 10.8. The molecule has 4 aromatic rings. The van der Waals surface area contributed by atoms with Crippen LogP contribution in [0.15, 0.2) is 65.1 Å². The van der Waals surface area contributed by atoms with Gasteiger partial charge in [0.1, 0.15) is 11.7 Å². The normalized spacial score (nSPS) is 12.0. The Bertz CT molecular complexity index is 1500. The number of rotatable bonds is 4. The van der Waals surface area contributed by atoms with Crippen molar-refractivity contribution in [3.8, 4) is 5.69 Å². The van der Waals surface area contributed by atoms with Gasteiger partial charge in [-0.15, -0.1) is 0 Å². The molecule has 6 nitrogen and oxygen atoms in total. The molecule has 0 fully saturated rings. The number of fused-ring (bicyclic) bond motifs is 1. The first kappa shape index (κ1) is 29.4. The van der Waals surface area contributed by atoms with Crippen LogP contribution in [-0.2, 0) is 16.3 Å². The van der Waals surface area contributed by atoms with Crippen LogP contribution in [0.4, 0.5) is 0 Å². The van der Waals surface area contributed by atoms with Gasteiger partial charge in [-0.2, -0.15) is 8.42 Å². The molecule has 0 spiro atoms. The lowest BCUT2D eigenvalue weighted by molar-refractivity contribution is 0.00695. The predicted molar refractivity (Wildman–Crippen MR) is 151 cm³/mol. The van der Waals surface area contributed by atoms with E-state index in [0.29, 0.717) is 10.7 Å². The van der Waals surface area contributed by atoms with Gasteiger partial charge in [0.25, 0.3) is 0 Å². The van der Waals surface area contributed by atoms with E-state index in [1.54, 1.807) is 32.9 Å². The summed E-state index contributed by atoms with van der Waals surface area (Å²) in [5, 5.41) is 13.1. The van der Waals surface area contributed by atoms with Gasteiger partial charge >= 0.3 is 17.5 Å². The Kier molecular flexibility index (Phi) is 9.61. The molecular weight excluding hydrogens is 625 g/mol. The molecule has 4 rings (SSSR count). The molecule has 0 bridgehead atoms. The molecule has 37 heavy (non-hydrogen) atoms. The van der Waals surface area contributed by atoms with Crippen LogP contribution in [0.5, 0.6) is 0 Å². The second-order valence-corrected chi connectivity index (χ2v) is 11.1. The summed E-state index contributed by atoms with van der Waals surface area (Å²) >= 11 is 22.4. The molecule has 0 aliphatic rings. The molecule has 1 unspecified atom stereocenters. The Balaban J connectivity index is 0.00000121. The van der Waals surface area contributed by atoms with E-state index in [-0.39, 0.29) is 21.2 Å². The lowest BCUT2D eigenvalue weighted by atomic mass is 10.0. The molecule has 1 N–H and O–H groups in total. The van der Waals surface area contributed by atoms with Crippen molar-refractivity contribution in [2.24, 2.45) is 0 Å². The van der Waals surface area contributed by atoms with Crippen LogP contribution in [0.25, 0.3) is 16.6 Å². The van der Waals surface area contributed by atoms with Crippen molar-refractivity contribution in [3.63, 3.8) is 0 Å². The van der Waals surface area contributed by atoms with Crippen LogP contribution in [0, 0.1) is 0 Å². The summed E-state index contributed by atoms with van der Waals surface area (Å²) in [6, 6.07) is 18.1. The minimum Gasteiger partial charge on any atom is -0.456 e. The summed E-state index contributed by atoms with van der Waals surface area (Å²) in [4.78, 5) is 12.8. The molecule has 0 amide bonds. The highest BCUT2D eigenvalue weighted by atomic mass is 79.9. The highest BCUT2D eigenvalue weighted by Crippen LogP contribution is 2.41. The van der Waals surface area contributed by atoms with E-state index < -0.39 is 29.2 Å². The Morgan fingerprint density at radius 1 is 1.00 bits per heavy atom. The minimum absolute atomic E-state index is 0.0337. The number of para-hydroxylation sites is 1. The third kappa shape index (κ3) is 6.63. The summed E-state index contributed by atoms with van der Waals surface area (Å²) in [5.74, 6) is -0.599. The van der Waals surface area contributed by atoms with E-state index in [4.69, 9.17) is 48.0 Å². The molecule has 0 aliphatic carbocycles. The Hall–Kier alpha value is -2.20. The number of esters is 1. The van der Waals surface area contributed by atoms with Gasteiger partial charge in [-0.1, -0.05) is 68.9 Å². The van der Waals surface area contributed by atoms with Gasteiger partial charge < -0.3 is 14.4 Å². The largest absolute Gasteiger partial charge is 0.456 e. The van der Waals surface area contributed by atoms with Gasteiger partial charge in [0.15, 0.2) is 0 Å². The van der Waals surface area contributed by atoms with Gasteiger partial charge in [0.05, 0.1) is 26.8 Å². The second kappa shape index (κ2) is 12.1. The molecular formula is C26H21BrCl3NO5S. The maximum absolute atomic E-state index is 12.8. The topological polar surface area (TPSA) is 85.6 Å². The smallest absolute Gasteiger partial charge is 0.340 e. The first-order chi connectivity index (χ1) is 17.4. The lowest BCUT2D eigenvalue weighted by Crippen LogP contribution is -2.24. The van der Waals surface area contributed by atoms with Crippen LogP contribution in [-0.4, -0.2) is 29.7 Å². The number of aliphatic hydroxyl groups excluding tert-OH is 1. The second-order valence-electron chi connectivity index (χ2n) is 8.86. The zero-order valence-electron chi connectivity index (χ0n) is 19.8. The number of carbonyl (C=O) groups is 1. The van der Waals surface area contributed by atoms with E-state index >= 15 is 0 Å². The molecule has 0 radical (unpaired) electrons. The average molecular weight is 646 g/mol. The van der Waals surface area contributed by atoms with Crippen molar-refractivity contribution in [1.82, 2.24) is 4.57 Å². The van der Waals surface area contributed by atoms with E-state index in [9.17, 15) is 9.90 Å². The number of hydrogen-bond acceptors (Lipinski definition) is 5. The van der Waals surface area contributed by atoms with Crippen LogP contribution in [0.2, 0.25) is 15.1 Å². The summed E-state index contributed by atoms with van der Waals surface area (Å²) in [6.45, 7) is 5.31. The van der Waals surface area contributed by atoms with E-state index in [1.165, 1.54) is 12.1 Å². The van der Waals surface area contributed by atoms with Gasteiger partial charge in [-0.25, -0.2) is 4.79 Å². The molecule has 0 aliphatic heterocycles. The SMILES string of the molecule is CC(C)(C)OC(=O)c1ccc(Cl)c(C(O)c2cc3c(Cl)cc(Br)cc3n2-c2ccccc2)c1Cl.O=S=O. The fraction of sp³-hybridized carbons (Fsp3) is 0.192. The molecule has 0 saturated carbocycles. The molecule has 11 heteroatoms. The van der Waals surface area contributed by atoms with Crippen LogP contribution in [0.3, 0.4) is 0 Å². The summed E-state index contributed by atoms with van der Waals surface area (Å²) in [5.41, 5.74) is 1.72. The molecule has 0 saturated heterocycles. The zero-order chi connectivity index (χ0) is 27.5. The van der Waals surface area contributed by atoms with Gasteiger partial charge in [-0.05, 0) is 63.2 Å². The van der Waals surface area contributed by atoms with E-state index in [0.717, 1.165) is 21.1 Å². The Morgan fingerprint density at radius 3 is 2.22 bits per heavy atom.